The Balaban J connectivity index is 1.70. The summed E-state index contributed by atoms with van der Waals surface area (Å²) in [6.45, 7) is 12.9. The molecule has 1 aliphatic carbocycles. The molecule has 1 amide bonds. The van der Waals surface area contributed by atoms with Crippen molar-refractivity contribution in [2.45, 2.75) is 73.7 Å². The molecule has 0 spiro atoms. The van der Waals surface area contributed by atoms with Crippen molar-refractivity contribution in [1.82, 2.24) is 5.32 Å². The van der Waals surface area contributed by atoms with Gasteiger partial charge in [-0.3, -0.25) is 24.0 Å². The highest BCUT2D eigenvalue weighted by Crippen LogP contribution is 2.39. The Hall–Kier alpha value is -4.61. The second-order valence-electron chi connectivity index (χ2n) is 12.3. The fraction of sp³-hybridized carbons (Fsp3) is 0.417. The number of nitrogens with one attached hydrogen (secondary N) is 1. The SMILES string of the molecule is CC(=O)OC(C(C)/C=C/C=O)C(C)C(O)C(C)C(O)C(C)/C=C/C=C(/C)C(=O)NC1=CC(=O)c2c(c(O)c(C)c3oc(C)cc23)C1=O. The number of hydrogen-bond donors (Lipinski definition) is 4. The van der Waals surface area contributed by atoms with E-state index in [9.17, 15) is 39.3 Å². The van der Waals surface area contributed by atoms with Gasteiger partial charge in [0.05, 0.1) is 23.5 Å². The van der Waals surface area contributed by atoms with E-state index in [2.05, 4.69) is 5.32 Å². The maximum absolute atomic E-state index is 13.3. The molecule has 1 aliphatic rings. The zero-order chi connectivity index (χ0) is 35.3. The average Bonchev–Trinajstić information content (AvgIpc) is 3.42. The maximum Gasteiger partial charge on any atom is 0.302 e. The van der Waals surface area contributed by atoms with Crippen molar-refractivity contribution in [1.29, 1.82) is 0 Å². The number of aldehydes is 1. The van der Waals surface area contributed by atoms with Gasteiger partial charge in [0.1, 0.15) is 29.5 Å². The van der Waals surface area contributed by atoms with Crippen LogP contribution in [-0.4, -0.2) is 63.4 Å². The Kier molecular flexibility index (Phi) is 12.0. The number of phenolic OH excluding ortho intramolecular Hbond substituents is 1. The summed E-state index contributed by atoms with van der Waals surface area (Å²) in [5, 5.41) is 35.7. The van der Waals surface area contributed by atoms with E-state index in [1.165, 1.54) is 26.0 Å². The Bertz CT molecular complexity index is 1690. The fourth-order valence-corrected chi connectivity index (χ4v) is 5.85. The summed E-state index contributed by atoms with van der Waals surface area (Å²) >= 11 is 0. The molecule has 11 heteroatoms. The number of ketones is 2. The van der Waals surface area contributed by atoms with Gasteiger partial charge in [0.25, 0.3) is 5.91 Å². The van der Waals surface area contributed by atoms with Crippen LogP contribution in [0.2, 0.25) is 0 Å². The molecule has 47 heavy (non-hydrogen) atoms. The first kappa shape index (κ1) is 36.9. The van der Waals surface area contributed by atoms with Crippen molar-refractivity contribution in [3.8, 4) is 5.75 Å². The van der Waals surface area contributed by atoms with Gasteiger partial charge < -0.3 is 29.8 Å². The molecule has 11 nitrogen and oxygen atoms in total. The van der Waals surface area contributed by atoms with Crippen LogP contribution in [0.25, 0.3) is 11.0 Å². The van der Waals surface area contributed by atoms with Crippen LogP contribution in [0.3, 0.4) is 0 Å². The van der Waals surface area contributed by atoms with Crippen molar-refractivity contribution in [2.75, 3.05) is 0 Å². The number of ether oxygens (including phenoxy) is 1. The number of phenols is 1. The predicted molar refractivity (Wildman–Crippen MR) is 175 cm³/mol. The highest BCUT2D eigenvalue weighted by atomic mass is 16.5. The molecule has 4 N–H and O–H groups in total. The van der Waals surface area contributed by atoms with Gasteiger partial charge in [-0.25, -0.2) is 0 Å². The molecule has 0 saturated heterocycles. The van der Waals surface area contributed by atoms with E-state index >= 15 is 0 Å². The number of amides is 1. The zero-order valence-electron chi connectivity index (χ0n) is 27.9. The van der Waals surface area contributed by atoms with Gasteiger partial charge in [-0.2, -0.15) is 0 Å². The van der Waals surface area contributed by atoms with Gasteiger partial charge in [0.15, 0.2) is 5.78 Å². The Morgan fingerprint density at radius 1 is 0.936 bits per heavy atom. The summed E-state index contributed by atoms with van der Waals surface area (Å²) in [6.07, 6.45) is 6.40. The summed E-state index contributed by atoms with van der Waals surface area (Å²) in [7, 11) is 0. The number of fused-ring (bicyclic) bond motifs is 3. The number of aromatic hydroxyl groups is 1. The van der Waals surface area contributed by atoms with Gasteiger partial charge >= 0.3 is 5.97 Å². The normalized spacial score (nSPS) is 18.3. The van der Waals surface area contributed by atoms with Crippen molar-refractivity contribution in [2.24, 2.45) is 23.7 Å². The molecule has 252 valence electrons. The van der Waals surface area contributed by atoms with E-state index in [0.717, 1.165) is 6.08 Å². The number of Topliss-reactive ketones (excluding diaryl/α,β-unsaturated/α-hetero) is 1. The van der Waals surface area contributed by atoms with Crippen molar-refractivity contribution >= 4 is 40.7 Å². The third-order valence-corrected chi connectivity index (χ3v) is 8.65. The Labute approximate surface area is 273 Å². The number of aliphatic hydroxyl groups is 2. The first-order chi connectivity index (χ1) is 22.0. The standard InChI is InChI=1S/C36H43NO10/c1-17(30(41)21(5)31(42)22(6)34(47-24(8)39)18(2)13-10-14-38)11-9-12-19(3)36(45)37-26-16-27(40)28-25-15-20(4)46-35(25)23(7)32(43)29(28)33(26)44/h9-18,21-22,30-31,34,41-43H,1-8H3,(H,37,45)/b11-9+,13-10+,19-12-. The van der Waals surface area contributed by atoms with E-state index in [1.807, 2.05) is 0 Å². The number of esters is 1. The lowest BCUT2D eigenvalue weighted by atomic mass is 9.79. The number of hydrogen-bond acceptors (Lipinski definition) is 10. The molecule has 0 fully saturated rings. The van der Waals surface area contributed by atoms with Crippen molar-refractivity contribution < 1.29 is 48.4 Å². The van der Waals surface area contributed by atoms with Crippen molar-refractivity contribution in [3.05, 3.63) is 76.2 Å². The largest absolute Gasteiger partial charge is 0.507 e. The van der Waals surface area contributed by atoms with Gasteiger partial charge in [0, 0.05) is 58.8 Å². The van der Waals surface area contributed by atoms with E-state index < -0.39 is 59.5 Å². The zero-order valence-corrected chi connectivity index (χ0v) is 27.9. The number of carbonyl (C=O) groups is 5. The number of benzene rings is 1. The molecule has 1 aromatic carbocycles. The molecule has 1 heterocycles. The summed E-state index contributed by atoms with van der Waals surface area (Å²) in [5.74, 6) is -4.38. The first-order valence-corrected chi connectivity index (χ1v) is 15.4. The molecule has 0 saturated carbocycles. The molecule has 1 aromatic heterocycles. The lowest BCUT2D eigenvalue weighted by molar-refractivity contribution is -0.155. The van der Waals surface area contributed by atoms with Crippen LogP contribution in [0, 0.1) is 37.5 Å². The molecular weight excluding hydrogens is 606 g/mol. The number of carbonyl (C=O) groups excluding carboxylic acids is 5. The van der Waals surface area contributed by atoms with E-state index in [0.29, 0.717) is 28.6 Å². The molecule has 3 rings (SSSR count). The minimum atomic E-state index is -1.06. The molecule has 2 aromatic rings. The fourth-order valence-electron chi connectivity index (χ4n) is 5.85. The number of aliphatic hydroxyl groups excluding tert-OH is 2. The molecule has 0 bridgehead atoms. The van der Waals surface area contributed by atoms with Crippen LogP contribution in [-0.2, 0) is 19.1 Å². The Morgan fingerprint density at radius 2 is 1.57 bits per heavy atom. The minimum absolute atomic E-state index is 0.0191. The second kappa shape index (κ2) is 15.3. The van der Waals surface area contributed by atoms with Crippen LogP contribution in [0.1, 0.15) is 73.6 Å². The third kappa shape index (κ3) is 8.04. The quantitative estimate of drug-likeness (QED) is 0.104. The monoisotopic (exact) mass is 649 g/mol. The highest BCUT2D eigenvalue weighted by molar-refractivity contribution is 6.30. The summed E-state index contributed by atoms with van der Waals surface area (Å²) in [4.78, 5) is 61.8. The van der Waals surface area contributed by atoms with Crippen LogP contribution in [0.5, 0.6) is 5.75 Å². The number of furan rings is 1. The van der Waals surface area contributed by atoms with Gasteiger partial charge in [0.2, 0.25) is 5.78 Å². The van der Waals surface area contributed by atoms with E-state index in [4.69, 9.17) is 9.15 Å². The number of rotatable bonds is 13. The Morgan fingerprint density at radius 3 is 2.19 bits per heavy atom. The predicted octanol–water partition coefficient (Wildman–Crippen LogP) is 4.59. The van der Waals surface area contributed by atoms with Crippen LogP contribution >= 0.6 is 0 Å². The van der Waals surface area contributed by atoms with Gasteiger partial charge in [-0.05, 0) is 32.9 Å². The number of allylic oxidation sites excluding steroid dienone is 5. The van der Waals surface area contributed by atoms with E-state index in [1.54, 1.807) is 65.8 Å². The lowest BCUT2D eigenvalue weighted by Crippen LogP contribution is -2.44. The molecule has 7 unspecified atom stereocenters. The summed E-state index contributed by atoms with van der Waals surface area (Å²) in [5.41, 5.74) is 0.361. The summed E-state index contributed by atoms with van der Waals surface area (Å²) < 4.78 is 11.1. The number of aryl methyl sites for hydroxylation is 2. The van der Waals surface area contributed by atoms with Crippen LogP contribution in [0.15, 0.2) is 58.2 Å². The molecular formula is C36H43NO10. The maximum atomic E-state index is 13.3. The second-order valence-corrected chi connectivity index (χ2v) is 12.3. The first-order valence-electron chi connectivity index (χ1n) is 15.4. The molecule has 0 aliphatic heterocycles. The third-order valence-electron chi connectivity index (χ3n) is 8.65. The molecule has 0 radical (unpaired) electrons. The van der Waals surface area contributed by atoms with Crippen LogP contribution < -0.4 is 5.32 Å². The smallest absolute Gasteiger partial charge is 0.302 e. The molecule has 7 atom stereocenters. The lowest BCUT2D eigenvalue weighted by Gasteiger charge is -2.35. The van der Waals surface area contributed by atoms with Crippen LogP contribution in [0.4, 0.5) is 0 Å². The summed E-state index contributed by atoms with van der Waals surface area (Å²) in [6, 6.07) is 1.62. The van der Waals surface area contributed by atoms with E-state index in [-0.39, 0.29) is 34.1 Å². The van der Waals surface area contributed by atoms with Crippen molar-refractivity contribution in [3.63, 3.8) is 0 Å². The van der Waals surface area contributed by atoms with Gasteiger partial charge in [-0.1, -0.05) is 52.0 Å². The highest BCUT2D eigenvalue weighted by Gasteiger charge is 2.37. The topological polar surface area (TPSA) is 180 Å². The van der Waals surface area contributed by atoms with Gasteiger partial charge in [-0.15, -0.1) is 0 Å². The average molecular weight is 650 g/mol. The minimum Gasteiger partial charge on any atom is -0.507 e.